The standard InChI is InChI=1S/C23H17BrN2O4/c1-29-18-9-4-15(5-10-18)22-25-19-11-6-16(12-20(19)26-22)23(28)30-13-21(27)14-2-7-17(24)8-3-14/h2-12H,13H2,1H3,(H,25,26). The Morgan fingerprint density at radius 2 is 1.67 bits per heavy atom. The Balaban J connectivity index is 1.47. The molecule has 0 atom stereocenters. The van der Waals surface area contributed by atoms with Gasteiger partial charge in [-0.2, -0.15) is 0 Å². The van der Waals surface area contributed by atoms with Crippen molar-refractivity contribution in [3.63, 3.8) is 0 Å². The van der Waals surface area contributed by atoms with Crippen LogP contribution < -0.4 is 4.74 Å². The highest BCUT2D eigenvalue weighted by molar-refractivity contribution is 9.10. The Hall–Kier alpha value is -3.45. The summed E-state index contributed by atoms with van der Waals surface area (Å²) in [6.07, 6.45) is 0. The summed E-state index contributed by atoms with van der Waals surface area (Å²) in [6, 6.07) is 19.4. The number of ketones is 1. The number of nitrogens with zero attached hydrogens (tertiary/aromatic N) is 1. The summed E-state index contributed by atoms with van der Waals surface area (Å²) in [5.74, 6) is 0.615. The minimum absolute atomic E-state index is 0.264. The molecule has 4 rings (SSSR count). The van der Waals surface area contributed by atoms with Crippen LogP contribution in [0.25, 0.3) is 22.4 Å². The number of Topliss-reactive ketones (excluding diaryl/α,β-unsaturated/α-hetero) is 1. The van der Waals surface area contributed by atoms with Crippen molar-refractivity contribution in [1.29, 1.82) is 0 Å². The van der Waals surface area contributed by atoms with Crippen molar-refractivity contribution in [1.82, 2.24) is 9.97 Å². The molecule has 150 valence electrons. The first-order valence-electron chi connectivity index (χ1n) is 9.13. The van der Waals surface area contributed by atoms with Gasteiger partial charge in [0.2, 0.25) is 0 Å². The van der Waals surface area contributed by atoms with E-state index in [-0.39, 0.29) is 12.4 Å². The van der Waals surface area contributed by atoms with Gasteiger partial charge in [-0.25, -0.2) is 9.78 Å². The summed E-state index contributed by atoms with van der Waals surface area (Å²) in [4.78, 5) is 32.4. The van der Waals surface area contributed by atoms with Gasteiger partial charge in [-0.15, -0.1) is 0 Å². The lowest BCUT2D eigenvalue weighted by Gasteiger charge is -2.05. The van der Waals surface area contributed by atoms with Crippen molar-refractivity contribution in [2.75, 3.05) is 13.7 Å². The fourth-order valence-corrected chi connectivity index (χ4v) is 3.22. The number of carbonyl (C=O) groups is 2. The number of esters is 1. The van der Waals surface area contributed by atoms with Crippen LogP contribution >= 0.6 is 15.9 Å². The average molecular weight is 465 g/mol. The number of rotatable bonds is 6. The second kappa shape index (κ2) is 8.51. The molecule has 7 heteroatoms. The molecule has 0 saturated carbocycles. The maximum absolute atomic E-state index is 12.4. The van der Waals surface area contributed by atoms with E-state index in [1.165, 1.54) is 0 Å². The zero-order valence-corrected chi connectivity index (χ0v) is 17.6. The summed E-state index contributed by atoms with van der Waals surface area (Å²) >= 11 is 3.32. The van der Waals surface area contributed by atoms with E-state index < -0.39 is 5.97 Å². The molecule has 0 amide bonds. The van der Waals surface area contributed by atoms with Crippen molar-refractivity contribution in [3.05, 3.63) is 82.3 Å². The molecule has 0 unspecified atom stereocenters. The number of ether oxygens (including phenoxy) is 2. The van der Waals surface area contributed by atoms with Crippen molar-refractivity contribution >= 4 is 38.7 Å². The number of imidazole rings is 1. The first-order chi connectivity index (χ1) is 14.5. The van der Waals surface area contributed by atoms with Gasteiger partial charge in [0.1, 0.15) is 11.6 Å². The lowest BCUT2D eigenvalue weighted by atomic mass is 10.1. The fraction of sp³-hybridized carbons (Fsp3) is 0.0870. The summed E-state index contributed by atoms with van der Waals surface area (Å²) in [5.41, 5.74) is 3.16. The molecule has 0 aliphatic heterocycles. The first kappa shape index (κ1) is 19.8. The van der Waals surface area contributed by atoms with Crippen LogP contribution in [0.5, 0.6) is 5.75 Å². The largest absolute Gasteiger partial charge is 0.497 e. The monoisotopic (exact) mass is 464 g/mol. The van der Waals surface area contributed by atoms with Gasteiger partial charge < -0.3 is 14.5 Å². The molecular weight excluding hydrogens is 448 g/mol. The number of carbonyl (C=O) groups excluding carboxylic acids is 2. The van der Waals surface area contributed by atoms with Gasteiger partial charge >= 0.3 is 5.97 Å². The van der Waals surface area contributed by atoms with Crippen LogP contribution in [-0.2, 0) is 4.74 Å². The molecule has 4 aromatic rings. The highest BCUT2D eigenvalue weighted by atomic mass is 79.9. The SMILES string of the molecule is COc1ccc(-c2nc3ccc(C(=O)OCC(=O)c4ccc(Br)cc4)cc3[nH]2)cc1. The van der Waals surface area contributed by atoms with Crippen molar-refractivity contribution in [2.24, 2.45) is 0 Å². The van der Waals surface area contributed by atoms with Crippen LogP contribution in [0, 0.1) is 0 Å². The van der Waals surface area contributed by atoms with E-state index in [4.69, 9.17) is 9.47 Å². The van der Waals surface area contributed by atoms with Crippen LogP contribution in [0.15, 0.2) is 71.2 Å². The molecule has 6 nitrogen and oxygen atoms in total. The molecule has 1 heterocycles. The molecule has 0 aliphatic rings. The van der Waals surface area contributed by atoms with Crippen LogP contribution in [-0.4, -0.2) is 35.4 Å². The molecule has 0 bridgehead atoms. The number of hydrogen-bond donors (Lipinski definition) is 1. The van der Waals surface area contributed by atoms with Gasteiger partial charge in [0.15, 0.2) is 12.4 Å². The van der Waals surface area contributed by atoms with E-state index in [0.717, 1.165) is 21.3 Å². The number of aromatic nitrogens is 2. The van der Waals surface area contributed by atoms with Crippen LogP contribution in [0.3, 0.4) is 0 Å². The summed E-state index contributed by atoms with van der Waals surface area (Å²) < 4.78 is 11.2. The van der Waals surface area contributed by atoms with E-state index in [1.807, 2.05) is 24.3 Å². The van der Waals surface area contributed by atoms with Gasteiger partial charge in [-0.05, 0) is 54.6 Å². The van der Waals surface area contributed by atoms with E-state index in [0.29, 0.717) is 22.5 Å². The number of nitrogens with one attached hydrogen (secondary N) is 1. The summed E-state index contributed by atoms with van der Waals surface area (Å²) in [7, 11) is 1.61. The Morgan fingerprint density at radius 1 is 0.967 bits per heavy atom. The van der Waals surface area contributed by atoms with E-state index in [2.05, 4.69) is 25.9 Å². The molecule has 3 aromatic carbocycles. The minimum Gasteiger partial charge on any atom is -0.497 e. The summed E-state index contributed by atoms with van der Waals surface area (Å²) in [6.45, 7) is -0.321. The zero-order valence-electron chi connectivity index (χ0n) is 16.0. The maximum atomic E-state index is 12.4. The molecule has 1 N–H and O–H groups in total. The third-order valence-corrected chi connectivity index (χ3v) is 5.11. The normalized spacial score (nSPS) is 10.7. The summed E-state index contributed by atoms with van der Waals surface area (Å²) in [5, 5.41) is 0. The van der Waals surface area contributed by atoms with Crippen molar-refractivity contribution in [2.45, 2.75) is 0 Å². The van der Waals surface area contributed by atoms with Gasteiger partial charge in [0, 0.05) is 15.6 Å². The molecule has 0 aliphatic carbocycles. The van der Waals surface area contributed by atoms with Crippen LogP contribution in [0.4, 0.5) is 0 Å². The van der Waals surface area contributed by atoms with Crippen LogP contribution in [0.1, 0.15) is 20.7 Å². The second-order valence-electron chi connectivity index (χ2n) is 6.55. The number of aromatic amines is 1. The van der Waals surface area contributed by atoms with Gasteiger partial charge in [0.05, 0.1) is 23.7 Å². The number of fused-ring (bicyclic) bond motifs is 1. The quantitative estimate of drug-likeness (QED) is 0.319. The third-order valence-electron chi connectivity index (χ3n) is 4.58. The molecule has 0 spiro atoms. The Labute approximate surface area is 181 Å². The minimum atomic E-state index is -0.567. The van der Waals surface area contributed by atoms with Crippen LogP contribution in [0.2, 0.25) is 0 Å². The first-order valence-corrected chi connectivity index (χ1v) is 9.93. The van der Waals surface area contributed by atoms with E-state index in [9.17, 15) is 9.59 Å². The predicted octanol–water partition coefficient (Wildman–Crippen LogP) is 5.04. The zero-order chi connectivity index (χ0) is 21.1. The smallest absolute Gasteiger partial charge is 0.338 e. The van der Waals surface area contributed by atoms with Crippen molar-refractivity contribution < 1.29 is 19.1 Å². The lowest BCUT2D eigenvalue weighted by molar-refractivity contribution is 0.0475. The molecule has 0 saturated heterocycles. The highest BCUT2D eigenvalue weighted by Crippen LogP contribution is 2.23. The number of benzene rings is 3. The average Bonchev–Trinajstić information content (AvgIpc) is 3.21. The van der Waals surface area contributed by atoms with Gasteiger partial charge in [-0.1, -0.05) is 28.1 Å². The van der Waals surface area contributed by atoms with Gasteiger partial charge in [0.25, 0.3) is 0 Å². The number of halogens is 1. The number of hydrogen-bond acceptors (Lipinski definition) is 5. The molecular formula is C23H17BrN2O4. The molecule has 0 radical (unpaired) electrons. The van der Waals surface area contributed by atoms with Crippen molar-refractivity contribution in [3.8, 4) is 17.1 Å². The van der Waals surface area contributed by atoms with E-state index in [1.54, 1.807) is 49.6 Å². The third kappa shape index (κ3) is 4.26. The Kier molecular flexibility index (Phi) is 5.63. The Bertz CT molecular complexity index is 1210. The fourth-order valence-electron chi connectivity index (χ4n) is 2.96. The Morgan fingerprint density at radius 3 is 2.37 bits per heavy atom. The maximum Gasteiger partial charge on any atom is 0.338 e. The van der Waals surface area contributed by atoms with E-state index >= 15 is 0 Å². The second-order valence-corrected chi connectivity index (χ2v) is 7.47. The lowest BCUT2D eigenvalue weighted by Crippen LogP contribution is -2.14. The number of methoxy groups -OCH3 is 1. The van der Waals surface area contributed by atoms with Gasteiger partial charge in [-0.3, -0.25) is 4.79 Å². The highest BCUT2D eigenvalue weighted by Gasteiger charge is 2.14. The number of H-pyrrole nitrogens is 1. The molecule has 1 aromatic heterocycles. The molecule has 30 heavy (non-hydrogen) atoms. The molecule has 0 fully saturated rings. The topological polar surface area (TPSA) is 81.3 Å². The predicted molar refractivity (Wildman–Crippen MR) is 117 cm³/mol.